The van der Waals surface area contributed by atoms with Gasteiger partial charge >= 0.3 is 0 Å². The van der Waals surface area contributed by atoms with E-state index in [1.807, 2.05) is 84.6 Å². The van der Waals surface area contributed by atoms with Crippen molar-refractivity contribution in [3.63, 3.8) is 0 Å². The quantitative estimate of drug-likeness (QED) is 0.275. The van der Waals surface area contributed by atoms with Crippen LogP contribution >= 0.6 is 11.8 Å². The minimum atomic E-state index is 0.0283. The topological polar surface area (TPSA) is 68.5 Å². The lowest BCUT2D eigenvalue weighted by molar-refractivity contribution is -0.128. The van der Waals surface area contributed by atoms with Gasteiger partial charge in [-0.3, -0.25) is 4.79 Å². The first-order chi connectivity index (χ1) is 16.7. The zero-order valence-corrected chi connectivity index (χ0v) is 19.9. The molecule has 3 aromatic carbocycles. The summed E-state index contributed by atoms with van der Waals surface area (Å²) >= 11 is 1.25. The second-order valence-corrected chi connectivity index (χ2v) is 8.82. The highest BCUT2D eigenvalue weighted by atomic mass is 32.2. The van der Waals surface area contributed by atoms with Crippen LogP contribution in [-0.4, -0.2) is 33.3 Å². The van der Waals surface area contributed by atoms with E-state index in [0.29, 0.717) is 24.2 Å². The van der Waals surface area contributed by atoms with Crippen molar-refractivity contribution in [2.24, 2.45) is 0 Å². The van der Waals surface area contributed by atoms with Crippen LogP contribution in [0, 0.1) is 6.92 Å². The smallest absolute Gasteiger partial charge is 0.277 e. The van der Waals surface area contributed by atoms with Gasteiger partial charge in [0.2, 0.25) is 5.91 Å². The first-order valence-electron chi connectivity index (χ1n) is 11.2. The third-order valence-corrected chi connectivity index (χ3v) is 6.00. The Labute approximate surface area is 204 Å². The van der Waals surface area contributed by atoms with Crippen LogP contribution in [0.5, 0.6) is 5.75 Å². The molecule has 1 heterocycles. The molecular weight excluding hydrogens is 446 g/mol. The Morgan fingerprint density at radius 1 is 0.941 bits per heavy atom. The number of hydrogen-bond donors (Lipinski definition) is 0. The molecule has 0 aliphatic heterocycles. The summed E-state index contributed by atoms with van der Waals surface area (Å²) < 4.78 is 11.4. The summed E-state index contributed by atoms with van der Waals surface area (Å²) in [6.07, 6.45) is 0.797. The van der Waals surface area contributed by atoms with E-state index in [1.165, 1.54) is 17.3 Å². The second-order valence-electron chi connectivity index (χ2n) is 7.89. The first-order valence-corrected chi connectivity index (χ1v) is 12.1. The van der Waals surface area contributed by atoms with Crippen LogP contribution in [0.3, 0.4) is 0 Å². The van der Waals surface area contributed by atoms with Gasteiger partial charge in [-0.05, 0) is 42.2 Å². The zero-order chi connectivity index (χ0) is 23.6. The lowest BCUT2D eigenvalue weighted by Gasteiger charge is -2.22. The molecule has 1 amide bonds. The van der Waals surface area contributed by atoms with E-state index in [9.17, 15) is 4.79 Å². The molecule has 0 aliphatic rings. The largest absolute Gasteiger partial charge is 0.484 e. The normalized spacial score (nSPS) is 10.7. The van der Waals surface area contributed by atoms with Crippen LogP contribution in [0.25, 0.3) is 0 Å². The van der Waals surface area contributed by atoms with Gasteiger partial charge in [-0.2, -0.15) is 0 Å². The average molecular weight is 474 g/mol. The second kappa shape index (κ2) is 12.0. The fourth-order valence-corrected chi connectivity index (χ4v) is 4.11. The van der Waals surface area contributed by atoms with Gasteiger partial charge in [0.05, 0.1) is 5.75 Å². The summed E-state index contributed by atoms with van der Waals surface area (Å²) in [5.41, 5.74) is 3.42. The molecular formula is C27H27N3O3S. The molecule has 0 N–H and O–H groups in total. The number of ether oxygens (including phenoxy) is 1. The van der Waals surface area contributed by atoms with Gasteiger partial charge in [0.1, 0.15) is 5.75 Å². The zero-order valence-electron chi connectivity index (χ0n) is 19.1. The molecule has 174 valence electrons. The summed E-state index contributed by atoms with van der Waals surface area (Å²) in [4.78, 5) is 15.0. The van der Waals surface area contributed by atoms with E-state index in [-0.39, 0.29) is 18.3 Å². The molecule has 0 saturated carbocycles. The Morgan fingerprint density at radius 3 is 2.41 bits per heavy atom. The predicted molar refractivity (Wildman–Crippen MR) is 133 cm³/mol. The third-order valence-electron chi connectivity index (χ3n) is 5.20. The van der Waals surface area contributed by atoms with Crippen molar-refractivity contribution in [3.8, 4) is 5.75 Å². The van der Waals surface area contributed by atoms with Crippen molar-refractivity contribution in [2.45, 2.75) is 31.7 Å². The van der Waals surface area contributed by atoms with Gasteiger partial charge in [0.25, 0.3) is 11.1 Å². The van der Waals surface area contributed by atoms with Crippen molar-refractivity contribution in [2.75, 3.05) is 12.3 Å². The molecule has 0 bridgehead atoms. The van der Waals surface area contributed by atoms with Crippen LogP contribution in [0.1, 0.15) is 22.6 Å². The summed E-state index contributed by atoms with van der Waals surface area (Å²) in [7, 11) is 0. The van der Waals surface area contributed by atoms with Crippen LogP contribution in [-0.2, 0) is 24.4 Å². The summed E-state index contributed by atoms with van der Waals surface area (Å²) in [5, 5.41) is 8.44. The molecule has 0 spiro atoms. The fraction of sp³-hybridized carbons (Fsp3) is 0.222. The number of amides is 1. The summed E-state index contributed by atoms with van der Waals surface area (Å²) in [6.45, 7) is 3.39. The maximum atomic E-state index is 13.1. The van der Waals surface area contributed by atoms with Gasteiger partial charge in [-0.25, -0.2) is 0 Å². The Balaban J connectivity index is 1.32. The number of thioether (sulfide) groups is 1. The Kier molecular flexibility index (Phi) is 8.35. The maximum Gasteiger partial charge on any atom is 0.277 e. The van der Waals surface area contributed by atoms with E-state index in [2.05, 4.69) is 22.3 Å². The maximum absolute atomic E-state index is 13.1. The number of carbonyl (C=O) groups is 1. The molecule has 0 fully saturated rings. The average Bonchev–Trinajstić information content (AvgIpc) is 3.33. The molecule has 0 atom stereocenters. The van der Waals surface area contributed by atoms with Gasteiger partial charge < -0.3 is 14.1 Å². The van der Waals surface area contributed by atoms with E-state index in [0.717, 1.165) is 23.3 Å². The van der Waals surface area contributed by atoms with E-state index in [4.69, 9.17) is 9.15 Å². The minimum Gasteiger partial charge on any atom is -0.484 e. The van der Waals surface area contributed by atoms with Crippen LogP contribution in [0.15, 0.2) is 94.6 Å². The lowest BCUT2D eigenvalue weighted by Crippen LogP contribution is -2.33. The molecule has 34 heavy (non-hydrogen) atoms. The Morgan fingerprint density at radius 2 is 1.68 bits per heavy atom. The van der Waals surface area contributed by atoms with Gasteiger partial charge in [-0.15, -0.1) is 10.2 Å². The highest BCUT2D eigenvalue weighted by molar-refractivity contribution is 7.99. The van der Waals surface area contributed by atoms with Crippen LogP contribution in [0.2, 0.25) is 0 Å². The molecule has 0 aliphatic carbocycles. The SMILES string of the molecule is Cc1cccc(OCc2nnc(SCC(=O)N(CCc3ccccc3)Cc3ccccc3)o2)c1. The standard InChI is InChI=1S/C27H27N3O3S/c1-21-9-8-14-24(17-21)32-19-25-28-29-27(33-25)34-20-26(31)30(18-23-12-6-3-7-13-23)16-15-22-10-4-2-5-11-22/h2-14,17H,15-16,18-20H2,1H3. The predicted octanol–water partition coefficient (Wildman–Crippen LogP) is 5.32. The molecule has 4 rings (SSSR count). The Hall–Kier alpha value is -3.58. The first kappa shape index (κ1) is 23.6. The van der Waals surface area contributed by atoms with Crippen LogP contribution in [0.4, 0.5) is 0 Å². The van der Waals surface area contributed by atoms with Gasteiger partial charge in [-0.1, -0.05) is 84.6 Å². The fourth-order valence-electron chi connectivity index (χ4n) is 3.42. The van der Waals surface area contributed by atoms with Crippen molar-refractivity contribution in [3.05, 3.63) is 108 Å². The van der Waals surface area contributed by atoms with Crippen molar-refractivity contribution in [1.82, 2.24) is 15.1 Å². The highest BCUT2D eigenvalue weighted by Crippen LogP contribution is 2.19. The summed E-state index contributed by atoms with van der Waals surface area (Å²) in [6, 6.07) is 28.0. The monoisotopic (exact) mass is 473 g/mol. The number of aromatic nitrogens is 2. The molecule has 1 aromatic heterocycles. The number of rotatable bonds is 11. The lowest BCUT2D eigenvalue weighted by atomic mass is 10.1. The number of benzene rings is 3. The molecule has 6 nitrogen and oxygen atoms in total. The number of aryl methyl sites for hydroxylation is 1. The summed E-state index contributed by atoms with van der Waals surface area (Å²) in [5.74, 6) is 1.38. The van der Waals surface area contributed by atoms with Crippen LogP contribution < -0.4 is 4.74 Å². The molecule has 4 aromatic rings. The Bertz CT molecular complexity index is 1180. The van der Waals surface area contributed by atoms with Gasteiger partial charge in [0, 0.05) is 13.1 Å². The van der Waals surface area contributed by atoms with Crippen molar-refractivity contribution < 1.29 is 13.9 Å². The number of hydrogen-bond acceptors (Lipinski definition) is 6. The number of carbonyl (C=O) groups excluding carboxylic acids is 1. The molecule has 0 saturated heterocycles. The molecule has 7 heteroatoms. The van der Waals surface area contributed by atoms with Crippen molar-refractivity contribution in [1.29, 1.82) is 0 Å². The molecule has 0 unspecified atom stereocenters. The van der Waals surface area contributed by atoms with E-state index < -0.39 is 0 Å². The van der Waals surface area contributed by atoms with E-state index >= 15 is 0 Å². The third kappa shape index (κ3) is 7.22. The molecule has 0 radical (unpaired) electrons. The van der Waals surface area contributed by atoms with Crippen molar-refractivity contribution >= 4 is 17.7 Å². The van der Waals surface area contributed by atoms with E-state index in [1.54, 1.807) is 0 Å². The minimum absolute atomic E-state index is 0.0283. The highest BCUT2D eigenvalue weighted by Gasteiger charge is 2.17. The number of nitrogens with zero attached hydrogens (tertiary/aromatic N) is 3. The van der Waals surface area contributed by atoms with Gasteiger partial charge in [0.15, 0.2) is 6.61 Å².